The standard InChI is InChI=1S/C15H22O4/c1-4-8-15(2,14(17)18)10-13(16)11-6-5-7-12(9-11)19-3/h5-7,9,13,16H,4,8,10H2,1-3H3,(H,17,18). The van der Waals surface area contributed by atoms with Crippen LogP contribution in [-0.2, 0) is 4.79 Å². The van der Waals surface area contributed by atoms with Gasteiger partial charge in [0.15, 0.2) is 0 Å². The number of methoxy groups -OCH3 is 1. The molecule has 2 unspecified atom stereocenters. The van der Waals surface area contributed by atoms with Crippen molar-refractivity contribution in [3.05, 3.63) is 29.8 Å². The van der Waals surface area contributed by atoms with Crippen molar-refractivity contribution in [1.82, 2.24) is 0 Å². The van der Waals surface area contributed by atoms with Crippen LogP contribution in [0.5, 0.6) is 5.75 Å². The Morgan fingerprint density at radius 1 is 1.47 bits per heavy atom. The van der Waals surface area contributed by atoms with Gasteiger partial charge in [-0.15, -0.1) is 0 Å². The number of carboxylic acid groups (broad SMARTS) is 1. The summed E-state index contributed by atoms with van der Waals surface area (Å²) in [6.45, 7) is 3.63. The molecule has 106 valence electrons. The molecule has 0 bridgehead atoms. The zero-order valence-electron chi connectivity index (χ0n) is 11.7. The number of aliphatic carboxylic acids is 1. The fourth-order valence-corrected chi connectivity index (χ4v) is 2.24. The van der Waals surface area contributed by atoms with Crippen LogP contribution in [0.2, 0.25) is 0 Å². The third kappa shape index (κ3) is 3.96. The number of aliphatic hydroxyl groups is 1. The zero-order chi connectivity index (χ0) is 14.5. The molecule has 0 aliphatic carbocycles. The fourth-order valence-electron chi connectivity index (χ4n) is 2.24. The summed E-state index contributed by atoms with van der Waals surface area (Å²) in [5.41, 5.74) is -0.222. The Kier molecular flexibility index (Phi) is 5.36. The molecule has 2 atom stereocenters. The summed E-state index contributed by atoms with van der Waals surface area (Å²) in [5.74, 6) is -0.208. The molecule has 1 aromatic carbocycles. The van der Waals surface area contributed by atoms with Gasteiger partial charge in [0, 0.05) is 0 Å². The normalized spacial score (nSPS) is 15.6. The Morgan fingerprint density at radius 3 is 2.68 bits per heavy atom. The van der Waals surface area contributed by atoms with Crippen LogP contribution in [0.15, 0.2) is 24.3 Å². The lowest BCUT2D eigenvalue weighted by atomic mass is 9.79. The number of hydrogen-bond donors (Lipinski definition) is 2. The molecule has 0 saturated carbocycles. The molecule has 4 heteroatoms. The summed E-state index contributed by atoms with van der Waals surface area (Å²) in [7, 11) is 1.56. The lowest BCUT2D eigenvalue weighted by Crippen LogP contribution is -2.29. The quantitative estimate of drug-likeness (QED) is 0.796. The van der Waals surface area contributed by atoms with Crippen molar-refractivity contribution >= 4 is 5.97 Å². The van der Waals surface area contributed by atoms with Gasteiger partial charge >= 0.3 is 5.97 Å². The van der Waals surface area contributed by atoms with E-state index in [0.717, 1.165) is 6.42 Å². The van der Waals surface area contributed by atoms with Crippen LogP contribution >= 0.6 is 0 Å². The van der Waals surface area contributed by atoms with Crippen LogP contribution < -0.4 is 4.74 Å². The van der Waals surface area contributed by atoms with Gasteiger partial charge in [-0.1, -0.05) is 25.5 Å². The minimum Gasteiger partial charge on any atom is -0.497 e. The summed E-state index contributed by atoms with van der Waals surface area (Å²) >= 11 is 0. The number of hydrogen-bond acceptors (Lipinski definition) is 3. The maximum atomic E-state index is 11.4. The van der Waals surface area contributed by atoms with Gasteiger partial charge in [-0.05, 0) is 37.5 Å². The minimum absolute atomic E-state index is 0.198. The molecule has 0 heterocycles. The SMILES string of the molecule is CCCC(C)(CC(O)c1cccc(OC)c1)C(=O)O. The van der Waals surface area contributed by atoms with Crippen LogP contribution in [0.25, 0.3) is 0 Å². The highest BCUT2D eigenvalue weighted by Gasteiger charge is 2.34. The van der Waals surface area contributed by atoms with Crippen LogP contribution in [0, 0.1) is 5.41 Å². The van der Waals surface area contributed by atoms with Gasteiger partial charge in [-0.2, -0.15) is 0 Å². The van der Waals surface area contributed by atoms with Crippen molar-refractivity contribution in [3.8, 4) is 5.75 Å². The van der Waals surface area contributed by atoms with Gasteiger partial charge in [0.05, 0.1) is 18.6 Å². The second kappa shape index (κ2) is 6.57. The highest BCUT2D eigenvalue weighted by atomic mass is 16.5. The van der Waals surface area contributed by atoms with E-state index in [-0.39, 0.29) is 6.42 Å². The van der Waals surface area contributed by atoms with E-state index < -0.39 is 17.5 Å². The number of rotatable bonds is 7. The number of carbonyl (C=O) groups is 1. The van der Waals surface area contributed by atoms with Crippen molar-refractivity contribution < 1.29 is 19.7 Å². The molecule has 0 saturated heterocycles. The average molecular weight is 266 g/mol. The van der Waals surface area contributed by atoms with Crippen LogP contribution in [0.3, 0.4) is 0 Å². The second-order valence-corrected chi connectivity index (χ2v) is 5.11. The van der Waals surface area contributed by atoms with Gasteiger partial charge in [0.2, 0.25) is 0 Å². The second-order valence-electron chi connectivity index (χ2n) is 5.11. The smallest absolute Gasteiger partial charge is 0.309 e. The Bertz CT molecular complexity index is 430. The van der Waals surface area contributed by atoms with Gasteiger partial charge < -0.3 is 14.9 Å². The maximum Gasteiger partial charge on any atom is 0.309 e. The Balaban J connectivity index is 2.87. The number of benzene rings is 1. The van der Waals surface area contributed by atoms with E-state index in [4.69, 9.17) is 4.74 Å². The topological polar surface area (TPSA) is 66.8 Å². The molecular weight excluding hydrogens is 244 g/mol. The molecule has 4 nitrogen and oxygen atoms in total. The summed E-state index contributed by atoms with van der Waals surface area (Å²) in [6.07, 6.45) is 0.711. The Morgan fingerprint density at radius 2 is 2.16 bits per heavy atom. The van der Waals surface area contributed by atoms with Crippen molar-refractivity contribution in [2.75, 3.05) is 7.11 Å². The number of carboxylic acids is 1. The van der Waals surface area contributed by atoms with Gasteiger partial charge in [-0.3, -0.25) is 4.79 Å². The monoisotopic (exact) mass is 266 g/mol. The predicted octanol–water partition coefficient (Wildman–Crippen LogP) is 3.01. The van der Waals surface area contributed by atoms with Crippen molar-refractivity contribution in [1.29, 1.82) is 0 Å². The first-order valence-electron chi connectivity index (χ1n) is 6.48. The molecule has 1 aromatic rings. The largest absolute Gasteiger partial charge is 0.497 e. The Labute approximate surface area is 114 Å². The average Bonchev–Trinajstić information content (AvgIpc) is 2.38. The summed E-state index contributed by atoms with van der Waals surface area (Å²) in [6, 6.07) is 7.09. The molecule has 0 radical (unpaired) electrons. The van der Waals surface area contributed by atoms with Crippen molar-refractivity contribution in [2.45, 2.75) is 39.2 Å². The molecular formula is C15H22O4. The number of ether oxygens (including phenoxy) is 1. The first-order valence-corrected chi connectivity index (χ1v) is 6.48. The summed E-state index contributed by atoms with van der Waals surface area (Å²) in [5, 5.41) is 19.6. The molecule has 0 fully saturated rings. The third-order valence-electron chi connectivity index (χ3n) is 3.44. The van der Waals surface area contributed by atoms with Gasteiger partial charge in [-0.25, -0.2) is 0 Å². The van der Waals surface area contributed by atoms with E-state index in [1.54, 1.807) is 38.3 Å². The van der Waals surface area contributed by atoms with Crippen molar-refractivity contribution in [3.63, 3.8) is 0 Å². The molecule has 0 aromatic heterocycles. The highest BCUT2D eigenvalue weighted by molar-refractivity contribution is 5.74. The Hall–Kier alpha value is -1.55. The maximum absolute atomic E-state index is 11.4. The first kappa shape index (κ1) is 15.5. The van der Waals surface area contributed by atoms with Gasteiger partial charge in [0.1, 0.15) is 5.75 Å². The lowest BCUT2D eigenvalue weighted by molar-refractivity contribution is -0.150. The van der Waals surface area contributed by atoms with Crippen LogP contribution in [-0.4, -0.2) is 23.3 Å². The van der Waals surface area contributed by atoms with Crippen LogP contribution in [0.1, 0.15) is 44.8 Å². The summed E-state index contributed by atoms with van der Waals surface area (Å²) < 4.78 is 5.10. The minimum atomic E-state index is -0.906. The first-order chi connectivity index (χ1) is 8.92. The molecule has 1 rings (SSSR count). The lowest BCUT2D eigenvalue weighted by Gasteiger charge is -2.27. The predicted molar refractivity (Wildman–Crippen MR) is 73.2 cm³/mol. The van der Waals surface area contributed by atoms with E-state index in [9.17, 15) is 15.0 Å². The molecule has 0 aliphatic heterocycles. The third-order valence-corrected chi connectivity index (χ3v) is 3.44. The van der Waals surface area contributed by atoms with E-state index in [2.05, 4.69) is 0 Å². The highest BCUT2D eigenvalue weighted by Crippen LogP contribution is 2.35. The molecule has 2 N–H and O–H groups in total. The van der Waals surface area contributed by atoms with E-state index in [1.807, 2.05) is 6.92 Å². The van der Waals surface area contributed by atoms with Crippen LogP contribution in [0.4, 0.5) is 0 Å². The summed E-state index contributed by atoms with van der Waals surface area (Å²) in [4.78, 5) is 11.4. The molecule has 0 amide bonds. The number of aliphatic hydroxyl groups excluding tert-OH is 1. The van der Waals surface area contributed by atoms with E-state index >= 15 is 0 Å². The van der Waals surface area contributed by atoms with Gasteiger partial charge in [0.25, 0.3) is 0 Å². The van der Waals surface area contributed by atoms with Crippen molar-refractivity contribution in [2.24, 2.45) is 5.41 Å². The van der Waals surface area contributed by atoms with E-state index in [1.165, 1.54) is 0 Å². The van der Waals surface area contributed by atoms with E-state index in [0.29, 0.717) is 17.7 Å². The zero-order valence-corrected chi connectivity index (χ0v) is 11.7. The molecule has 0 spiro atoms. The molecule has 19 heavy (non-hydrogen) atoms. The fraction of sp³-hybridized carbons (Fsp3) is 0.533. The molecule has 0 aliphatic rings.